The molecule has 1 aromatic heterocycles. The molecule has 0 saturated carbocycles. The normalized spacial score (nSPS) is 15.2. The van der Waals surface area contributed by atoms with E-state index in [1.807, 2.05) is 0 Å². The summed E-state index contributed by atoms with van der Waals surface area (Å²) in [4.78, 5) is 29.7. The third-order valence-corrected chi connectivity index (χ3v) is 7.50. The topological polar surface area (TPSA) is 120 Å². The molecule has 0 aliphatic carbocycles. The summed E-state index contributed by atoms with van der Waals surface area (Å²) in [6.07, 6.45) is 0. The Morgan fingerprint density at radius 1 is 1.14 bits per heavy atom. The molecule has 0 bridgehead atoms. The number of benzene rings is 2. The number of hydrogen-bond acceptors (Lipinski definition) is 8. The number of methoxy groups -OCH3 is 1. The van der Waals surface area contributed by atoms with Crippen LogP contribution in [0, 0.1) is 5.82 Å². The molecule has 196 valence electrons. The molecule has 1 aliphatic rings. The molecule has 2 heterocycles. The van der Waals surface area contributed by atoms with E-state index in [-0.39, 0.29) is 59.2 Å². The Labute approximate surface area is 217 Å². The zero-order valence-corrected chi connectivity index (χ0v) is 21.6. The van der Waals surface area contributed by atoms with Crippen molar-refractivity contribution in [3.63, 3.8) is 0 Å². The maximum atomic E-state index is 15.0. The Hall–Kier alpha value is -3.48. The second-order valence-electron chi connectivity index (χ2n) is 8.10. The van der Waals surface area contributed by atoms with Gasteiger partial charge in [-0.25, -0.2) is 27.6 Å². The fourth-order valence-electron chi connectivity index (χ4n) is 3.81. The van der Waals surface area contributed by atoms with E-state index in [2.05, 4.69) is 10.4 Å². The molecule has 37 heavy (non-hydrogen) atoms. The summed E-state index contributed by atoms with van der Waals surface area (Å²) in [7, 11) is -1.81. The number of sulfone groups is 1. The third kappa shape index (κ3) is 5.76. The van der Waals surface area contributed by atoms with Crippen LogP contribution in [0.2, 0.25) is 5.02 Å². The lowest BCUT2D eigenvalue weighted by Gasteiger charge is -2.26. The van der Waals surface area contributed by atoms with Gasteiger partial charge in [-0.2, -0.15) is 0 Å². The van der Waals surface area contributed by atoms with Gasteiger partial charge in [-0.15, -0.1) is 0 Å². The fraction of sp³-hybridized carbons (Fsp3) is 0.292. The summed E-state index contributed by atoms with van der Waals surface area (Å²) < 4.78 is 50.4. The Balaban J connectivity index is 1.78. The summed E-state index contributed by atoms with van der Waals surface area (Å²) in [5.74, 6) is -1.94. The molecule has 0 unspecified atom stereocenters. The van der Waals surface area contributed by atoms with Crippen molar-refractivity contribution in [3.8, 4) is 23.0 Å². The first-order valence-corrected chi connectivity index (χ1v) is 13.5. The number of ether oxygens (including phenoxy) is 2. The average Bonchev–Trinajstić information content (AvgIpc) is 3.25. The number of hydrazine groups is 1. The van der Waals surface area contributed by atoms with Crippen molar-refractivity contribution in [2.75, 3.05) is 38.3 Å². The molecule has 13 heteroatoms. The molecule has 1 amide bonds. The van der Waals surface area contributed by atoms with Crippen LogP contribution < -0.4 is 10.2 Å². The quantitative estimate of drug-likeness (QED) is 0.446. The van der Waals surface area contributed by atoms with Crippen LogP contribution in [0.4, 0.5) is 4.39 Å². The summed E-state index contributed by atoms with van der Waals surface area (Å²) in [6.45, 7) is 2.15. The lowest BCUT2D eigenvalue weighted by atomic mass is 10.1. The smallest absolute Gasteiger partial charge is 0.338 e. The van der Waals surface area contributed by atoms with Crippen LogP contribution in [-0.2, 0) is 14.6 Å². The number of aromatic nitrogens is 2. The number of esters is 1. The highest BCUT2D eigenvalue weighted by molar-refractivity contribution is 7.91. The molecule has 3 aromatic rings. The van der Waals surface area contributed by atoms with Crippen molar-refractivity contribution in [1.82, 2.24) is 20.0 Å². The van der Waals surface area contributed by atoms with Gasteiger partial charge >= 0.3 is 5.97 Å². The van der Waals surface area contributed by atoms with E-state index >= 15 is 0 Å². The number of rotatable bonds is 7. The number of nitrogens with zero attached hydrogens (tertiary/aromatic N) is 3. The molecule has 0 atom stereocenters. The standard InChI is InChI=1S/C24H24ClFN4O6S/c1-3-36-24(32)15-4-7-17(8-5-15)30-21(18-9-6-16(25)14-19(18)26)27-20(23(30)35-2)22(31)28-29-10-12-37(33,34)13-11-29/h4-9,14H,3,10-13H2,1-2H3,(H,28,31). The molecular weight excluding hydrogens is 527 g/mol. The van der Waals surface area contributed by atoms with E-state index in [1.54, 1.807) is 19.1 Å². The van der Waals surface area contributed by atoms with Crippen LogP contribution in [0.15, 0.2) is 42.5 Å². The summed E-state index contributed by atoms with van der Waals surface area (Å²) in [5, 5.41) is 1.67. The molecule has 1 N–H and O–H groups in total. The lowest BCUT2D eigenvalue weighted by molar-refractivity contribution is 0.0526. The van der Waals surface area contributed by atoms with E-state index in [0.29, 0.717) is 11.3 Å². The number of carbonyl (C=O) groups excluding carboxylic acids is 2. The highest BCUT2D eigenvalue weighted by Crippen LogP contribution is 2.34. The van der Waals surface area contributed by atoms with Crippen molar-refractivity contribution in [3.05, 3.63) is 64.6 Å². The second kappa shape index (κ2) is 10.9. The van der Waals surface area contributed by atoms with Crippen molar-refractivity contribution in [2.45, 2.75) is 6.92 Å². The SMILES string of the molecule is CCOC(=O)c1ccc(-n2c(-c3ccc(Cl)cc3F)nc(C(=O)NN3CCS(=O)(=O)CC3)c2OC)cc1. The number of halogens is 2. The number of imidazole rings is 1. The van der Waals surface area contributed by atoms with Gasteiger partial charge in [-0.1, -0.05) is 11.6 Å². The first-order chi connectivity index (χ1) is 17.6. The molecular formula is C24H24ClFN4O6S. The van der Waals surface area contributed by atoms with Crippen molar-refractivity contribution in [2.24, 2.45) is 0 Å². The Morgan fingerprint density at radius 3 is 2.41 bits per heavy atom. The molecule has 4 rings (SSSR count). The van der Waals surface area contributed by atoms with Crippen molar-refractivity contribution in [1.29, 1.82) is 0 Å². The predicted octanol–water partition coefficient (Wildman–Crippen LogP) is 2.89. The van der Waals surface area contributed by atoms with Gasteiger partial charge < -0.3 is 9.47 Å². The van der Waals surface area contributed by atoms with Gasteiger partial charge in [0.1, 0.15) is 5.82 Å². The Bertz CT molecular complexity index is 1430. The molecule has 0 radical (unpaired) electrons. The zero-order valence-electron chi connectivity index (χ0n) is 20.0. The van der Waals surface area contributed by atoms with E-state index in [0.717, 1.165) is 6.07 Å². The van der Waals surface area contributed by atoms with Gasteiger partial charge in [0, 0.05) is 18.1 Å². The monoisotopic (exact) mass is 550 g/mol. The minimum absolute atomic E-state index is 0.00960. The van der Waals surface area contributed by atoms with Gasteiger partial charge in [-0.3, -0.25) is 14.8 Å². The van der Waals surface area contributed by atoms with E-state index < -0.39 is 27.5 Å². The maximum Gasteiger partial charge on any atom is 0.338 e. The number of carbonyl (C=O) groups is 2. The number of hydrogen-bond donors (Lipinski definition) is 1. The minimum atomic E-state index is -3.15. The average molecular weight is 551 g/mol. The van der Waals surface area contributed by atoms with Gasteiger partial charge in [0.15, 0.2) is 21.4 Å². The summed E-state index contributed by atoms with van der Waals surface area (Å²) in [6, 6.07) is 10.3. The lowest BCUT2D eigenvalue weighted by Crippen LogP contribution is -2.50. The number of amides is 1. The van der Waals surface area contributed by atoms with E-state index in [9.17, 15) is 22.4 Å². The van der Waals surface area contributed by atoms with E-state index in [4.69, 9.17) is 21.1 Å². The van der Waals surface area contributed by atoms with E-state index in [1.165, 1.54) is 41.0 Å². The largest absolute Gasteiger partial charge is 0.480 e. The summed E-state index contributed by atoms with van der Waals surface area (Å²) in [5.41, 5.74) is 3.31. The van der Waals surface area contributed by atoms with Crippen LogP contribution in [0.1, 0.15) is 27.8 Å². The summed E-state index contributed by atoms with van der Waals surface area (Å²) >= 11 is 5.93. The van der Waals surface area contributed by atoms with Crippen molar-refractivity contribution < 1.29 is 31.9 Å². The molecule has 2 aromatic carbocycles. The molecule has 1 fully saturated rings. The van der Waals surface area contributed by atoms with Crippen LogP contribution in [0.3, 0.4) is 0 Å². The van der Waals surface area contributed by atoms with Crippen LogP contribution in [0.25, 0.3) is 17.1 Å². The number of nitrogens with one attached hydrogen (secondary N) is 1. The first kappa shape index (κ1) is 26.6. The van der Waals surface area contributed by atoms with Crippen molar-refractivity contribution >= 4 is 33.3 Å². The first-order valence-electron chi connectivity index (χ1n) is 11.3. The minimum Gasteiger partial charge on any atom is -0.480 e. The van der Waals surface area contributed by atoms with Crippen LogP contribution in [0.5, 0.6) is 5.88 Å². The predicted molar refractivity (Wildman–Crippen MR) is 134 cm³/mol. The molecule has 1 saturated heterocycles. The maximum absolute atomic E-state index is 15.0. The zero-order chi connectivity index (χ0) is 26.7. The van der Waals surface area contributed by atoms with Gasteiger partial charge in [0.25, 0.3) is 5.91 Å². The molecule has 10 nitrogen and oxygen atoms in total. The fourth-order valence-corrected chi connectivity index (χ4v) is 5.17. The molecule has 1 aliphatic heterocycles. The van der Waals surface area contributed by atoms with Crippen LogP contribution >= 0.6 is 11.6 Å². The van der Waals surface area contributed by atoms with Gasteiger partial charge in [0.05, 0.1) is 42.0 Å². The Kier molecular flexibility index (Phi) is 7.81. The molecule has 0 spiro atoms. The highest BCUT2D eigenvalue weighted by Gasteiger charge is 2.29. The van der Waals surface area contributed by atoms with Gasteiger partial charge in [0.2, 0.25) is 5.88 Å². The second-order valence-corrected chi connectivity index (χ2v) is 10.8. The Morgan fingerprint density at radius 2 is 1.81 bits per heavy atom. The highest BCUT2D eigenvalue weighted by atomic mass is 35.5. The third-order valence-electron chi connectivity index (χ3n) is 5.66. The van der Waals surface area contributed by atoms with Crippen LogP contribution in [-0.4, -0.2) is 73.2 Å². The van der Waals surface area contributed by atoms with Gasteiger partial charge in [-0.05, 0) is 49.4 Å².